The van der Waals surface area contributed by atoms with Crippen LogP contribution in [0.5, 0.6) is 0 Å². The first kappa shape index (κ1) is 20.0. The Bertz CT molecular complexity index is 1030. The molecule has 0 aliphatic heterocycles. The maximum absolute atomic E-state index is 12.8. The average Bonchev–Trinajstić information content (AvgIpc) is 3.15. The lowest BCUT2D eigenvalue weighted by molar-refractivity contribution is -0.139. The minimum absolute atomic E-state index is 0.147. The summed E-state index contributed by atoms with van der Waals surface area (Å²) in [6, 6.07) is 10.9. The van der Waals surface area contributed by atoms with Crippen LogP contribution in [-0.2, 0) is 17.5 Å². The van der Waals surface area contributed by atoms with Crippen molar-refractivity contribution in [1.82, 2.24) is 30.1 Å². The van der Waals surface area contributed by atoms with Gasteiger partial charge in [-0.3, -0.25) is 9.59 Å². The molecule has 0 unspecified atom stereocenters. The van der Waals surface area contributed by atoms with Crippen molar-refractivity contribution in [2.45, 2.75) is 12.7 Å². The molecule has 152 valence electrons. The summed E-state index contributed by atoms with van der Waals surface area (Å²) in [5.41, 5.74) is -1.84. The molecule has 3 rings (SSSR count). The van der Waals surface area contributed by atoms with E-state index in [2.05, 4.69) is 26.2 Å². The fraction of sp³-hybridized carbons (Fsp3) is 0.235. The molecule has 0 atom stereocenters. The predicted octanol–water partition coefficient (Wildman–Crippen LogP) is 1.07. The second-order valence-corrected chi connectivity index (χ2v) is 5.88. The third-order valence-electron chi connectivity index (χ3n) is 3.84. The Labute approximate surface area is 162 Å². The van der Waals surface area contributed by atoms with Gasteiger partial charge in [-0.2, -0.15) is 17.9 Å². The zero-order valence-electron chi connectivity index (χ0n) is 14.9. The number of halogens is 3. The fourth-order valence-electron chi connectivity index (χ4n) is 2.50. The molecule has 1 amide bonds. The third kappa shape index (κ3) is 4.97. The Morgan fingerprint density at radius 3 is 2.55 bits per heavy atom. The highest BCUT2D eigenvalue weighted by Gasteiger charge is 2.34. The van der Waals surface area contributed by atoms with E-state index in [4.69, 9.17) is 0 Å². The summed E-state index contributed by atoms with van der Waals surface area (Å²) in [4.78, 5) is 23.8. The van der Waals surface area contributed by atoms with Crippen LogP contribution in [0.2, 0.25) is 0 Å². The summed E-state index contributed by atoms with van der Waals surface area (Å²) in [6.07, 6.45) is -3.65. The molecule has 0 saturated heterocycles. The number of alkyl halides is 3. The van der Waals surface area contributed by atoms with E-state index < -0.39 is 29.8 Å². The lowest BCUT2D eigenvalue weighted by Crippen LogP contribution is -2.36. The van der Waals surface area contributed by atoms with Gasteiger partial charge in [-0.25, -0.2) is 0 Å². The minimum Gasteiger partial charge on any atom is -0.353 e. The van der Waals surface area contributed by atoms with Crippen LogP contribution in [0.15, 0.2) is 53.5 Å². The largest absolute Gasteiger partial charge is 0.421 e. The first-order chi connectivity index (χ1) is 13.9. The zero-order valence-corrected chi connectivity index (χ0v) is 14.9. The number of anilines is 1. The Balaban J connectivity index is 1.52. The van der Waals surface area contributed by atoms with Gasteiger partial charge in [0.15, 0.2) is 0 Å². The number of nitrogens with zero attached hydrogens (tertiary/aromatic N) is 5. The van der Waals surface area contributed by atoms with E-state index in [9.17, 15) is 22.8 Å². The molecule has 0 saturated carbocycles. The summed E-state index contributed by atoms with van der Waals surface area (Å²) in [6.45, 7) is -0.116. The number of aromatic nitrogens is 5. The SMILES string of the molecule is O=C(Cn1cccc(C(F)(F)F)c1=O)NCCNc1nnnn1-c1ccccc1. The van der Waals surface area contributed by atoms with E-state index >= 15 is 0 Å². The number of benzene rings is 1. The maximum Gasteiger partial charge on any atom is 0.421 e. The van der Waals surface area contributed by atoms with Crippen LogP contribution in [-0.4, -0.2) is 43.8 Å². The lowest BCUT2D eigenvalue weighted by Gasteiger charge is -2.11. The smallest absolute Gasteiger partial charge is 0.353 e. The van der Waals surface area contributed by atoms with Gasteiger partial charge in [0.05, 0.1) is 5.69 Å². The van der Waals surface area contributed by atoms with Crippen LogP contribution in [0.4, 0.5) is 19.1 Å². The number of tetrazole rings is 1. The summed E-state index contributed by atoms with van der Waals surface area (Å²) < 4.78 is 40.5. The molecule has 2 aromatic heterocycles. The summed E-state index contributed by atoms with van der Waals surface area (Å²) >= 11 is 0. The molecule has 0 spiro atoms. The number of amides is 1. The van der Waals surface area contributed by atoms with Crippen LogP contribution >= 0.6 is 0 Å². The molecule has 0 fully saturated rings. The number of nitrogens with one attached hydrogen (secondary N) is 2. The fourth-order valence-corrected chi connectivity index (χ4v) is 2.50. The van der Waals surface area contributed by atoms with E-state index in [1.54, 1.807) is 0 Å². The van der Waals surface area contributed by atoms with Gasteiger partial charge in [0.1, 0.15) is 12.1 Å². The van der Waals surface area contributed by atoms with Gasteiger partial charge in [0.2, 0.25) is 11.9 Å². The molecule has 2 heterocycles. The molecular formula is C17H16F3N7O2. The number of rotatable bonds is 7. The van der Waals surface area contributed by atoms with Gasteiger partial charge in [-0.15, -0.1) is 0 Å². The average molecular weight is 407 g/mol. The van der Waals surface area contributed by atoms with Crippen LogP contribution in [0, 0.1) is 0 Å². The van der Waals surface area contributed by atoms with Crippen LogP contribution in [0.25, 0.3) is 5.69 Å². The van der Waals surface area contributed by atoms with E-state index in [1.807, 2.05) is 30.3 Å². The molecule has 3 aromatic rings. The van der Waals surface area contributed by atoms with Crippen molar-refractivity contribution in [2.24, 2.45) is 0 Å². The van der Waals surface area contributed by atoms with Crippen LogP contribution in [0.3, 0.4) is 0 Å². The molecule has 12 heteroatoms. The first-order valence-corrected chi connectivity index (χ1v) is 8.47. The third-order valence-corrected chi connectivity index (χ3v) is 3.84. The number of para-hydroxylation sites is 1. The normalized spacial score (nSPS) is 11.3. The molecular weight excluding hydrogens is 391 g/mol. The maximum atomic E-state index is 12.8. The second-order valence-electron chi connectivity index (χ2n) is 5.88. The molecule has 29 heavy (non-hydrogen) atoms. The number of hydrogen-bond acceptors (Lipinski definition) is 6. The molecule has 0 bridgehead atoms. The highest BCUT2D eigenvalue weighted by molar-refractivity contribution is 5.75. The number of pyridine rings is 1. The highest BCUT2D eigenvalue weighted by atomic mass is 19.4. The predicted molar refractivity (Wildman–Crippen MR) is 96.4 cm³/mol. The Morgan fingerprint density at radius 2 is 1.83 bits per heavy atom. The van der Waals surface area contributed by atoms with Crippen molar-refractivity contribution >= 4 is 11.9 Å². The molecule has 0 radical (unpaired) electrons. The van der Waals surface area contributed by atoms with Crippen LogP contribution < -0.4 is 16.2 Å². The summed E-state index contributed by atoms with van der Waals surface area (Å²) in [5.74, 6) is -0.240. The molecule has 1 aromatic carbocycles. The second kappa shape index (κ2) is 8.54. The number of hydrogen-bond donors (Lipinski definition) is 2. The lowest BCUT2D eigenvalue weighted by atomic mass is 10.2. The summed E-state index contributed by atoms with van der Waals surface area (Å²) in [5, 5.41) is 16.8. The topological polar surface area (TPSA) is 107 Å². The van der Waals surface area contributed by atoms with E-state index in [0.717, 1.165) is 18.0 Å². The van der Waals surface area contributed by atoms with Gasteiger partial charge in [-0.1, -0.05) is 23.3 Å². The highest BCUT2D eigenvalue weighted by Crippen LogP contribution is 2.25. The van der Waals surface area contributed by atoms with Crippen molar-refractivity contribution in [3.63, 3.8) is 0 Å². The molecule has 9 nitrogen and oxygen atoms in total. The van der Waals surface area contributed by atoms with Gasteiger partial charge >= 0.3 is 6.18 Å². The first-order valence-electron chi connectivity index (χ1n) is 8.47. The van der Waals surface area contributed by atoms with Gasteiger partial charge < -0.3 is 15.2 Å². The van der Waals surface area contributed by atoms with Crippen molar-refractivity contribution in [2.75, 3.05) is 18.4 Å². The van der Waals surface area contributed by atoms with Gasteiger partial charge in [0.25, 0.3) is 5.56 Å². The van der Waals surface area contributed by atoms with Crippen molar-refractivity contribution in [3.05, 3.63) is 64.6 Å². The molecule has 0 aliphatic rings. The minimum atomic E-state index is -4.77. The van der Waals surface area contributed by atoms with E-state index in [1.165, 1.54) is 4.68 Å². The van der Waals surface area contributed by atoms with Crippen molar-refractivity contribution in [3.8, 4) is 5.69 Å². The van der Waals surface area contributed by atoms with Gasteiger partial charge in [-0.05, 0) is 34.7 Å². The van der Waals surface area contributed by atoms with E-state index in [0.29, 0.717) is 16.6 Å². The monoisotopic (exact) mass is 407 g/mol. The van der Waals surface area contributed by atoms with Crippen molar-refractivity contribution in [1.29, 1.82) is 0 Å². The quantitative estimate of drug-likeness (QED) is 0.568. The zero-order chi connectivity index (χ0) is 20.9. The Hall–Kier alpha value is -3.70. The van der Waals surface area contributed by atoms with E-state index in [-0.39, 0.29) is 13.1 Å². The number of carbonyl (C=O) groups excluding carboxylic acids is 1. The Morgan fingerprint density at radius 1 is 1.07 bits per heavy atom. The number of carbonyl (C=O) groups is 1. The molecule has 0 aliphatic carbocycles. The molecule has 2 N–H and O–H groups in total. The van der Waals surface area contributed by atoms with Gasteiger partial charge in [0, 0.05) is 19.3 Å². The Kier molecular flexibility index (Phi) is 5.90. The van der Waals surface area contributed by atoms with Crippen molar-refractivity contribution < 1.29 is 18.0 Å². The van der Waals surface area contributed by atoms with Crippen LogP contribution in [0.1, 0.15) is 5.56 Å². The standard InChI is InChI=1S/C17H16F3N7O2/c18-17(19,20)13-7-4-10-26(15(13)29)11-14(28)21-8-9-22-16-23-24-25-27(16)12-5-2-1-3-6-12/h1-7,10H,8-9,11H2,(H,21,28)(H,22,23,25). The summed E-state index contributed by atoms with van der Waals surface area (Å²) in [7, 11) is 0.